The Morgan fingerprint density at radius 1 is 1.56 bits per heavy atom. The smallest absolute Gasteiger partial charge is 0.219 e. The largest absolute Gasteiger partial charge is 0.473 e. The molecule has 4 nitrogen and oxygen atoms in total. The van der Waals surface area contributed by atoms with Crippen LogP contribution in [0.2, 0.25) is 5.15 Å². The first kappa shape index (κ1) is 13.8. The van der Waals surface area contributed by atoms with Crippen LogP contribution < -0.4 is 10.1 Å². The van der Waals surface area contributed by atoms with Gasteiger partial charge < -0.3 is 10.1 Å². The summed E-state index contributed by atoms with van der Waals surface area (Å²) < 4.78 is 5.69. The predicted octanol–water partition coefficient (Wildman–Crippen LogP) is 2.01. The van der Waals surface area contributed by atoms with Gasteiger partial charge in [0.15, 0.2) is 5.16 Å². The normalized spacial score (nSPS) is 19.2. The number of aromatic nitrogens is 2. The lowest BCUT2D eigenvalue weighted by Gasteiger charge is -2.11. The molecule has 0 bridgehead atoms. The van der Waals surface area contributed by atoms with Crippen LogP contribution in [-0.4, -0.2) is 35.4 Å². The van der Waals surface area contributed by atoms with Crippen LogP contribution in [-0.2, 0) is 0 Å². The van der Waals surface area contributed by atoms with Crippen molar-refractivity contribution < 1.29 is 4.74 Å². The lowest BCUT2D eigenvalue weighted by molar-refractivity contribution is 0.212. The Bertz CT molecular complexity index is 348. The first-order valence-corrected chi connectivity index (χ1v) is 6.34. The van der Waals surface area contributed by atoms with E-state index < -0.39 is 0 Å². The minimum atomic E-state index is 0. The van der Waals surface area contributed by atoms with E-state index in [1.165, 1.54) is 11.8 Å². The molecule has 2 heterocycles. The SMILES string of the molecule is CSc1nc(Cl)cc(OC2CCNC2)n1.Cl. The maximum Gasteiger partial charge on any atom is 0.219 e. The zero-order chi connectivity index (χ0) is 10.7. The van der Waals surface area contributed by atoms with Crippen LogP contribution >= 0.6 is 35.8 Å². The summed E-state index contributed by atoms with van der Waals surface area (Å²) in [6.45, 7) is 1.87. The highest BCUT2D eigenvalue weighted by Gasteiger charge is 2.17. The van der Waals surface area contributed by atoms with E-state index in [2.05, 4.69) is 15.3 Å². The van der Waals surface area contributed by atoms with E-state index in [0.29, 0.717) is 16.2 Å². The topological polar surface area (TPSA) is 47.0 Å². The molecule has 1 aliphatic rings. The molecule has 90 valence electrons. The number of nitrogens with zero attached hydrogens (tertiary/aromatic N) is 2. The van der Waals surface area contributed by atoms with Gasteiger partial charge in [0.2, 0.25) is 5.88 Å². The second kappa shape index (κ2) is 6.49. The monoisotopic (exact) mass is 281 g/mol. The van der Waals surface area contributed by atoms with Gasteiger partial charge >= 0.3 is 0 Å². The molecule has 0 aliphatic carbocycles. The highest BCUT2D eigenvalue weighted by molar-refractivity contribution is 7.98. The van der Waals surface area contributed by atoms with E-state index in [9.17, 15) is 0 Å². The lowest BCUT2D eigenvalue weighted by atomic mass is 10.3. The van der Waals surface area contributed by atoms with Gasteiger partial charge in [0, 0.05) is 12.6 Å². The number of hydrogen-bond donors (Lipinski definition) is 1. The first-order valence-electron chi connectivity index (χ1n) is 4.74. The van der Waals surface area contributed by atoms with Gasteiger partial charge in [0.05, 0.1) is 0 Å². The average Bonchev–Trinajstić information content (AvgIpc) is 2.69. The molecule has 16 heavy (non-hydrogen) atoms. The second-order valence-corrected chi connectivity index (χ2v) is 4.41. The molecule has 1 fully saturated rings. The van der Waals surface area contributed by atoms with Crippen LogP contribution in [0.1, 0.15) is 6.42 Å². The Kier molecular flexibility index (Phi) is 5.61. The van der Waals surface area contributed by atoms with Crippen LogP contribution in [0.5, 0.6) is 5.88 Å². The molecule has 1 aliphatic heterocycles. The van der Waals surface area contributed by atoms with E-state index in [4.69, 9.17) is 16.3 Å². The Morgan fingerprint density at radius 3 is 3.00 bits per heavy atom. The van der Waals surface area contributed by atoms with Crippen LogP contribution in [0, 0.1) is 0 Å². The molecular weight excluding hydrogens is 269 g/mol. The number of ether oxygens (including phenoxy) is 1. The van der Waals surface area contributed by atoms with Crippen molar-refractivity contribution >= 4 is 35.8 Å². The van der Waals surface area contributed by atoms with Crippen molar-refractivity contribution in [3.8, 4) is 5.88 Å². The Balaban J connectivity index is 0.00000128. The van der Waals surface area contributed by atoms with Crippen molar-refractivity contribution in [1.82, 2.24) is 15.3 Å². The summed E-state index contributed by atoms with van der Waals surface area (Å²) in [4.78, 5) is 8.28. The van der Waals surface area contributed by atoms with Crippen molar-refractivity contribution in [2.45, 2.75) is 17.7 Å². The number of halogens is 2. The van der Waals surface area contributed by atoms with Gasteiger partial charge in [-0.1, -0.05) is 23.4 Å². The molecule has 7 heteroatoms. The van der Waals surface area contributed by atoms with Crippen LogP contribution in [0.15, 0.2) is 11.2 Å². The van der Waals surface area contributed by atoms with E-state index in [1.807, 2.05) is 6.26 Å². The molecule has 0 aromatic carbocycles. The summed E-state index contributed by atoms with van der Waals surface area (Å²) >= 11 is 7.31. The molecular formula is C9H13Cl2N3OS. The quantitative estimate of drug-likeness (QED) is 0.522. The number of hydrogen-bond acceptors (Lipinski definition) is 5. The fourth-order valence-corrected chi connectivity index (χ4v) is 2.02. The maximum absolute atomic E-state index is 5.85. The fraction of sp³-hybridized carbons (Fsp3) is 0.556. The van der Waals surface area contributed by atoms with Gasteiger partial charge in [-0.05, 0) is 19.2 Å². The van der Waals surface area contributed by atoms with Crippen LogP contribution in [0.25, 0.3) is 0 Å². The van der Waals surface area contributed by atoms with Crippen LogP contribution in [0.3, 0.4) is 0 Å². The third-order valence-corrected chi connectivity index (χ3v) is 2.88. The Hall–Kier alpha value is -0.230. The van der Waals surface area contributed by atoms with Gasteiger partial charge in [-0.2, -0.15) is 4.98 Å². The van der Waals surface area contributed by atoms with E-state index >= 15 is 0 Å². The molecule has 1 aromatic heterocycles. The molecule has 0 amide bonds. The zero-order valence-corrected chi connectivity index (χ0v) is 11.2. The van der Waals surface area contributed by atoms with Gasteiger partial charge in [-0.15, -0.1) is 12.4 Å². The van der Waals surface area contributed by atoms with Crippen molar-refractivity contribution in [3.05, 3.63) is 11.2 Å². The molecule has 1 N–H and O–H groups in total. The molecule has 1 atom stereocenters. The lowest BCUT2D eigenvalue weighted by Crippen LogP contribution is -2.20. The zero-order valence-electron chi connectivity index (χ0n) is 8.77. The fourth-order valence-electron chi connectivity index (χ4n) is 1.43. The van der Waals surface area contributed by atoms with E-state index in [-0.39, 0.29) is 18.5 Å². The van der Waals surface area contributed by atoms with E-state index in [1.54, 1.807) is 6.07 Å². The van der Waals surface area contributed by atoms with Crippen molar-refractivity contribution in [2.24, 2.45) is 0 Å². The maximum atomic E-state index is 5.85. The average molecular weight is 282 g/mol. The third kappa shape index (κ3) is 3.66. The molecule has 2 rings (SSSR count). The molecule has 1 aromatic rings. The summed E-state index contributed by atoms with van der Waals surface area (Å²) in [6.07, 6.45) is 3.12. The summed E-state index contributed by atoms with van der Waals surface area (Å²) in [5.41, 5.74) is 0. The number of nitrogens with one attached hydrogen (secondary N) is 1. The van der Waals surface area contributed by atoms with Crippen molar-refractivity contribution in [2.75, 3.05) is 19.3 Å². The summed E-state index contributed by atoms with van der Waals surface area (Å²) in [6, 6.07) is 1.65. The van der Waals surface area contributed by atoms with E-state index in [0.717, 1.165) is 19.5 Å². The highest BCUT2D eigenvalue weighted by atomic mass is 35.5. The third-order valence-electron chi connectivity index (χ3n) is 2.14. The Morgan fingerprint density at radius 2 is 2.38 bits per heavy atom. The predicted molar refractivity (Wildman–Crippen MR) is 68.0 cm³/mol. The molecule has 0 spiro atoms. The van der Waals surface area contributed by atoms with Gasteiger partial charge in [-0.3, -0.25) is 0 Å². The van der Waals surface area contributed by atoms with Gasteiger partial charge in [-0.25, -0.2) is 4.98 Å². The first-order chi connectivity index (χ1) is 7.28. The summed E-state index contributed by atoms with van der Waals surface area (Å²) in [5, 5.41) is 4.30. The highest BCUT2D eigenvalue weighted by Crippen LogP contribution is 2.20. The molecule has 0 radical (unpaired) electrons. The van der Waals surface area contributed by atoms with Crippen molar-refractivity contribution in [1.29, 1.82) is 0 Å². The van der Waals surface area contributed by atoms with Gasteiger partial charge in [0.25, 0.3) is 0 Å². The van der Waals surface area contributed by atoms with Crippen LogP contribution in [0.4, 0.5) is 0 Å². The summed E-state index contributed by atoms with van der Waals surface area (Å²) in [7, 11) is 0. The molecule has 1 saturated heterocycles. The van der Waals surface area contributed by atoms with Gasteiger partial charge in [0.1, 0.15) is 11.3 Å². The molecule has 0 saturated carbocycles. The standard InChI is InChI=1S/C9H12ClN3OS.ClH/c1-15-9-12-7(10)4-8(13-9)14-6-2-3-11-5-6;/h4,6,11H,2-3,5H2,1H3;1H. The second-order valence-electron chi connectivity index (χ2n) is 3.25. The number of thioether (sulfide) groups is 1. The molecule has 1 unspecified atom stereocenters. The minimum Gasteiger partial charge on any atom is -0.473 e. The summed E-state index contributed by atoms with van der Waals surface area (Å²) in [5.74, 6) is 0.563. The Labute approximate surface area is 110 Å². The van der Waals surface area contributed by atoms with Crippen molar-refractivity contribution in [3.63, 3.8) is 0 Å². The number of rotatable bonds is 3. The minimum absolute atomic E-state index is 0.